The Hall–Kier alpha value is -0.530. The summed E-state index contributed by atoms with van der Waals surface area (Å²) in [6, 6.07) is 0. The predicted octanol–water partition coefficient (Wildman–Crippen LogP) is 4.47. The van der Waals surface area contributed by atoms with Gasteiger partial charge in [-0.05, 0) is 31.1 Å². The largest absolute Gasteiger partial charge is 0.466 e. The fraction of sp³-hybridized carbons (Fsp3) is 0.938. The van der Waals surface area contributed by atoms with Gasteiger partial charge in [-0.25, -0.2) is 0 Å². The second-order valence-corrected chi connectivity index (χ2v) is 6.13. The maximum absolute atomic E-state index is 11.4. The van der Waals surface area contributed by atoms with E-state index in [1.165, 1.54) is 57.8 Å². The zero-order valence-corrected chi connectivity index (χ0v) is 11.7. The van der Waals surface area contributed by atoms with Crippen LogP contribution >= 0.6 is 0 Å². The second-order valence-electron chi connectivity index (χ2n) is 6.13. The summed E-state index contributed by atoms with van der Waals surface area (Å²) in [6.45, 7) is 0.642. The van der Waals surface area contributed by atoms with Crippen molar-refractivity contribution in [2.45, 2.75) is 77.0 Å². The Morgan fingerprint density at radius 2 is 1.39 bits per heavy atom. The normalized spacial score (nSPS) is 32.3. The van der Waals surface area contributed by atoms with Gasteiger partial charge in [0.15, 0.2) is 0 Å². The molecule has 1 saturated heterocycles. The predicted molar refractivity (Wildman–Crippen MR) is 73.3 cm³/mol. The van der Waals surface area contributed by atoms with E-state index < -0.39 is 0 Å². The minimum atomic E-state index is 0.0226. The average Bonchev–Trinajstić information content (AvgIpc) is 3.10. The second kappa shape index (κ2) is 7.81. The lowest BCUT2D eigenvalue weighted by atomic mass is 10.0. The van der Waals surface area contributed by atoms with Gasteiger partial charge in [-0.1, -0.05) is 51.4 Å². The Kier molecular flexibility index (Phi) is 6.02. The zero-order chi connectivity index (χ0) is 12.6. The third-order valence-electron chi connectivity index (χ3n) is 4.51. The molecule has 0 N–H and O–H groups in total. The van der Waals surface area contributed by atoms with E-state index in [-0.39, 0.29) is 5.97 Å². The Bertz CT molecular complexity index is 249. The average molecular weight is 252 g/mol. The van der Waals surface area contributed by atoms with Crippen molar-refractivity contribution < 1.29 is 9.53 Å². The highest BCUT2D eigenvalue weighted by Gasteiger charge is 2.35. The molecule has 0 amide bonds. The van der Waals surface area contributed by atoms with Gasteiger partial charge in [0.2, 0.25) is 0 Å². The van der Waals surface area contributed by atoms with Crippen LogP contribution in [0.1, 0.15) is 77.0 Å². The molecule has 2 fully saturated rings. The molecule has 104 valence electrons. The highest BCUT2D eigenvalue weighted by molar-refractivity contribution is 5.69. The van der Waals surface area contributed by atoms with Crippen LogP contribution in [0.4, 0.5) is 0 Å². The molecule has 2 nitrogen and oxygen atoms in total. The lowest BCUT2D eigenvalue weighted by molar-refractivity contribution is -0.143. The first kappa shape index (κ1) is 13.9. The van der Waals surface area contributed by atoms with Crippen molar-refractivity contribution in [2.24, 2.45) is 11.8 Å². The van der Waals surface area contributed by atoms with Gasteiger partial charge in [-0.3, -0.25) is 4.79 Å². The van der Waals surface area contributed by atoms with Gasteiger partial charge < -0.3 is 4.74 Å². The first-order valence-corrected chi connectivity index (χ1v) is 8.02. The van der Waals surface area contributed by atoms with E-state index in [4.69, 9.17) is 4.74 Å². The molecule has 0 radical (unpaired) electrons. The number of rotatable bonds is 0. The van der Waals surface area contributed by atoms with Crippen LogP contribution in [-0.2, 0) is 9.53 Å². The summed E-state index contributed by atoms with van der Waals surface area (Å²) in [7, 11) is 0. The fourth-order valence-corrected chi connectivity index (χ4v) is 3.17. The standard InChI is InChI=1S/C16H28O2/c17-16-11-7-6-10-15-13-14(15)9-5-3-1-2-4-8-12-18-16/h14-15H,1-13H2. The van der Waals surface area contributed by atoms with Crippen LogP contribution in [0.25, 0.3) is 0 Å². The van der Waals surface area contributed by atoms with Crippen LogP contribution in [0.5, 0.6) is 0 Å². The van der Waals surface area contributed by atoms with Gasteiger partial charge in [0.05, 0.1) is 6.61 Å². The number of esters is 1. The summed E-state index contributed by atoms with van der Waals surface area (Å²) < 4.78 is 5.24. The summed E-state index contributed by atoms with van der Waals surface area (Å²) >= 11 is 0. The first-order chi connectivity index (χ1) is 8.86. The number of fused-ring (bicyclic) bond motifs is 1. The SMILES string of the molecule is O=C1CCCCC2CC2CCCCCCCCO1. The van der Waals surface area contributed by atoms with Crippen LogP contribution in [-0.4, -0.2) is 12.6 Å². The number of hydrogen-bond donors (Lipinski definition) is 0. The highest BCUT2D eigenvalue weighted by atomic mass is 16.5. The van der Waals surface area contributed by atoms with Gasteiger partial charge in [-0.15, -0.1) is 0 Å². The first-order valence-electron chi connectivity index (χ1n) is 8.02. The molecule has 2 atom stereocenters. The van der Waals surface area contributed by atoms with E-state index in [2.05, 4.69) is 0 Å². The molecule has 2 rings (SSSR count). The van der Waals surface area contributed by atoms with E-state index in [0.29, 0.717) is 13.0 Å². The summed E-state index contributed by atoms with van der Waals surface area (Å²) in [5, 5.41) is 0. The third-order valence-corrected chi connectivity index (χ3v) is 4.51. The molecule has 1 saturated carbocycles. The summed E-state index contributed by atoms with van der Waals surface area (Å²) in [6.07, 6.45) is 15.0. The summed E-state index contributed by atoms with van der Waals surface area (Å²) in [4.78, 5) is 11.4. The topological polar surface area (TPSA) is 26.3 Å². The molecule has 0 spiro atoms. The van der Waals surface area contributed by atoms with Crippen molar-refractivity contribution >= 4 is 5.97 Å². The lowest BCUT2D eigenvalue weighted by Gasteiger charge is -2.06. The van der Waals surface area contributed by atoms with E-state index in [1.807, 2.05) is 0 Å². The molecule has 0 aromatic heterocycles. The molecule has 1 aliphatic carbocycles. The molecule has 0 aromatic carbocycles. The number of cyclic esters (lactones) is 1. The van der Waals surface area contributed by atoms with Crippen molar-refractivity contribution in [3.05, 3.63) is 0 Å². The molecule has 1 heterocycles. The third kappa shape index (κ3) is 5.41. The van der Waals surface area contributed by atoms with Crippen LogP contribution in [0.15, 0.2) is 0 Å². The van der Waals surface area contributed by atoms with Crippen LogP contribution in [0, 0.1) is 11.8 Å². The van der Waals surface area contributed by atoms with Crippen LogP contribution in [0.2, 0.25) is 0 Å². The van der Waals surface area contributed by atoms with Gasteiger partial charge in [-0.2, -0.15) is 0 Å². The Balaban J connectivity index is 1.64. The maximum atomic E-state index is 11.4. The van der Waals surface area contributed by atoms with E-state index in [1.54, 1.807) is 0 Å². The molecule has 2 aliphatic rings. The molecule has 0 bridgehead atoms. The van der Waals surface area contributed by atoms with Crippen molar-refractivity contribution in [1.82, 2.24) is 0 Å². The molecule has 1 aliphatic heterocycles. The van der Waals surface area contributed by atoms with Gasteiger partial charge >= 0.3 is 5.97 Å². The number of carbonyl (C=O) groups is 1. The zero-order valence-electron chi connectivity index (χ0n) is 11.7. The van der Waals surface area contributed by atoms with E-state index in [9.17, 15) is 4.79 Å². The molecule has 18 heavy (non-hydrogen) atoms. The van der Waals surface area contributed by atoms with Crippen molar-refractivity contribution in [3.8, 4) is 0 Å². The maximum Gasteiger partial charge on any atom is 0.305 e. The molecule has 2 unspecified atom stereocenters. The number of hydrogen-bond acceptors (Lipinski definition) is 2. The summed E-state index contributed by atoms with van der Waals surface area (Å²) in [5.41, 5.74) is 0. The molecular weight excluding hydrogens is 224 g/mol. The Morgan fingerprint density at radius 1 is 0.778 bits per heavy atom. The van der Waals surface area contributed by atoms with E-state index >= 15 is 0 Å². The number of carbonyl (C=O) groups excluding carboxylic acids is 1. The van der Waals surface area contributed by atoms with Crippen molar-refractivity contribution in [1.29, 1.82) is 0 Å². The van der Waals surface area contributed by atoms with Crippen molar-refractivity contribution in [2.75, 3.05) is 6.61 Å². The molecule has 0 aromatic rings. The summed E-state index contributed by atoms with van der Waals surface area (Å²) in [5.74, 6) is 2.05. The van der Waals surface area contributed by atoms with Crippen LogP contribution in [0.3, 0.4) is 0 Å². The lowest BCUT2D eigenvalue weighted by Crippen LogP contribution is -2.05. The van der Waals surface area contributed by atoms with Gasteiger partial charge in [0.25, 0.3) is 0 Å². The molecule has 2 heteroatoms. The minimum absolute atomic E-state index is 0.0226. The monoisotopic (exact) mass is 252 g/mol. The van der Waals surface area contributed by atoms with Crippen molar-refractivity contribution in [3.63, 3.8) is 0 Å². The Labute approximate surface area is 111 Å². The molecular formula is C16H28O2. The number of ether oxygens (including phenoxy) is 1. The minimum Gasteiger partial charge on any atom is -0.466 e. The Morgan fingerprint density at radius 3 is 2.17 bits per heavy atom. The quantitative estimate of drug-likeness (QED) is 0.594. The van der Waals surface area contributed by atoms with Gasteiger partial charge in [0, 0.05) is 6.42 Å². The van der Waals surface area contributed by atoms with E-state index in [0.717, 1.165) is 24.7 Å². The smallest absolute Gasteiger partial charge is 0.305 e. The fourth-order valence-electron chi connectivity index (χ4n) is 3.17. The van der Waals surface area contributed by atoms with Crippen LogP contribution < -0.4 is 0 Å². The highest BCUT2D eigenvalue weighted by Crippen LogP contribution is 2.45. The van der Waals surface area contributed by atoms with Gasteiger partial charge in [0.1, 0.15) is 0 Å².